The molecule has 0 radical (unpaired) electrons. The molecule has 0 aromatic rings. The first-order valence-corrected chi connectivity index (χ1v) is 2.78. The predicted molar refractivity (Wildman–Crippen MR) is 11.0 cm³/mol. The smallest absolute Gasteiger partial charge is 0.311 e. The number of halogens is 2. The van der Waals surface area contributed by atoms with Crippen LogP contribution in [0.1, 0.15) is 0 Å². The van der Waals surface area contributed by atoms with Gasteiger partial charge in [0.05, 0.1) is 0 Å². The highest BCUT2D eigenvalue weighted by Crippen LogP contribution is 1.77. The molecule has 0 aliphatic carbocycles. The maximum absolute atomic E-state index is 9.15. The minimum Gasteiger partial charge on any atom is -0.311 e. The van der Waals surface area contributed by atoms with E-state index in [1.165, 1.54) is 0 Å². The zero-order chi connectivity index (χ0) is 5.86. The number of hydrogen-bond acceptors (Lipinski definition) is 5. The van der Waals surface area contributed by atoms with E-state index in [0.29, 0.717) is 0 Å². The molecule has 0 bridgehead atoms. The molecule has 0 saturated carbocycles. The molecule has 0 aromatic carbocycles. The van der Waals surface area contributed by atoms with Crippen molar-refractivity contribution in [3.63, 3.8) is 0 Å². The van der Waals surface area contributed by atoms with Crippen LogP contribution in [0.5, 0.6) is 0 Å². The van der Waals surface area contributed by atoms with Gasteiger partial charge in [0.1, 0.15) is 0 Å². The van der Waals surface area contributed by atoms with Gasteiger partial charge in [0.15, 0.2) is 17.4 Å². The van der Waals surface area contributed by atoms with Gasteiger partial charge in [-0.05, 0) is 0 Å². The SMILES string of the molecule is [AlH3].[O-][Cl+2]([O-])O[Cl+2]([O-])[O-]. The van der Waals surface area contributed by atoms with E-state index in [2.05, 4.69) is 3.84 Å². The van der Waals surface area contributed by atoms with Crippen molar-refractivity contribution in [2.24, 2.45) is 0 Å². The normalized spacial score (nSPS) is 9.75. The first kappa shape index (κ1) is 11.7. The van der Waals surface area contributed by atoms with E-state index in [1.54, 1.807) is 0 Å². The molecule has 0 aromatic heterocycles. The third-order valence-corrected chi connectivity index (χ3v) is 0.857. The Morgan fingerprint density at radius 2 is 1.12 bits per heavy atom. The van der Waals surface area contributed by atoms with Gasteiger partial charge in [-0.25, -0.2) is 0 Å². The topological polar surface area (TPSA) is 101 Å². The fourth-order valence-electron chi connectivity index (χ4n) is 0.0389. The molecule has 50 valence electrons. The van der Waals surface area contributed by atoms with Crippen LogP contribution in [0.3, 0.4) is 0 Å². The van der Waals surface area contributed by atoms with Crippen LogP contribution in [0, 0.1) is 21.6 Å². The summed E-state index contributed by atoms with van der Waals surface area (Å²) in [5.74, 6) is 0. The van der Waals surface area contributed by atoms with Crippen molar-refractivity contribution in [1.82, 2.24) is 0 Å². The summed E-state index contributed by atoms with van der Waals surface area (Å²) in [6.45, 7) is 0. The second kappa shape index (κ2) is 6.04. The summed E-state index contributed by atoms with van der Waals surface area (Å²) in [5, 5.41) is 0. The minimum absolute atomic E-state index is 0. The molecule has 0 heterocycles. The van der Waals surface area contributed by atoms with E-state index in [1.807, 2.05) is 0 Å². The average Bonchev–Trinajstić information content (AvgIpc) is 1.27. The molecule has 5 nitrogen and oxygen atoms in total. The van der Waals surface area contributed by atoms with Crippen LogP contribution in [-0.2, 0) is 3.84 Å². The van der Waals surface area contributed by atoms with E-state index in [-0.39, 0.29) is 17.4 Å². The standard InChI is InChI=1S/Al.Cl2O5.3H/c;3-1(4)7-2(5)6;;;. The van der Waals surface area contributed by atoms with Crippen molar-refractivity contribution < 1.29 is 44.0 Å². The lowest BCUT2D eigenvalue weighted by Crippen LogP contribution is -2.44. The van der Waals surface area contributed by atoms with Crippen molar-refractivity contribution in [3.8, 4) is 0 Å². The van der Waals surface area contributed by atoms with Crippen molar-refractivity contribution in [1.29, 1.82) is 0 Å². The quantitative estimate of drug-likeness (QED) is 0.394. The zero-order valence-corrected chi connectivity index (χ0v) is 4.31. The van der Waals surface area contributed by atoms with Gasteiger partial charge in [-0.3, -0.25) is 0 Å². The molecule has 0 rings (SSSR count). The zero-order valence-electron chi connectivity index (χ0n) is 2.80. The fraction of sp³-hybridized carbons (Fsp3) is 0. The van der Waals surface area contributed by atoms with Gasteiger partial charge in [0.25, 0.3) is 0 Å². The average molecular weight is 181 g/mol. The Morgan fingerprint density at radius 1 is 0.875 bits per heavy atom. The van der Waals surface area contributed by atoms with E-state index in [9.17, 15) is 0 Å². The fourth-order valence-corrected chi connectivity index (χ4v) is 0.350. The van der Waals surface area contributed by atoms with E-state index < -0.39 is 21.6 Å². The molecule has 0 atom stereocenters. The lowest BCUT2D eigenvalue weighted by atomic mass is 15.8. The van der Waals surface area contributed by atoms with Gasteiger partial charge in [-0.1, -0.05) is 0 Å². The molecule has 0 amide bonds. The lowest BCUT2D eigenvalue weighted by molar-refractivity contribution is -1.80. The first-order valence-electron chi connectivity index (χ1n) is 0.926. The summed E-state index contributed by atoms with van der Waals surface area (Å²) in [7, 11) is -5.36. The number of hydrogen-bond donors (Lipinski definition) is 0. The summed E-state index contributed by atoms with van der Waals surface area (Å²) in [6, 6.07) is 0. The summed E-state index contributed by atoms with van der Waals surface area (Å²) in [6.07, 6.45) is 0. The van der Waals surface area contributed by atoms with Gasteiger partial charge >= 0.3 is 25.4 Å². The molecular weight excluding hydrogens is 178 g/mol. The molecule has 0 aliphatic rings. The molecule has 0 fully saturated rings. The molecule has 0 spiro atoms. The third kappa shape index (κ3) is 10.0. The van der Waals surface area contributed by atoms with Crippen molar-refractivity contribution in [3.05, 3.63) is 0 Å². The Balaban J connectivity index is 0. The summed E-state index contributed by atoms with van der Waals surface area (Å²) < 4.78 is 39.6. The van der Waals surface area contributed by atoms with Crippen LogP contribution in [0.4, 0.5) is 0 Å². The van der Waals surface area contributed by atoms with Crippen LogP contribution in [-0.4, -0.2) is 17.4 Å². The molecule has 0 saturated heterocycles. The van der Waals surface area contributed by atoms with Crippen molar-refractivity contribution in [2.75, 3.05) is 0 Å². The second-order valence-electron chi connectivity index (χ2n) is 0.436. The predicted octanol–water partition coefficient (Wildman–Crippen LogP) is -6.01. The monoisotopic (exact) mass is 180 g/mol. The molecular formula is H3AlCl2O5. The van der Waals surface area contributed by atoms with Crippen molar-refractivity contribution >= 4 is 17.4 Å². The van der Waals surface area contributed by atoms with Gasteiger partial charge < -0.3 is 18.6 Å². The summed E-state index contributed by atoms with van der Waals surface area (Å²) in [4.78, 5) is 0. The van der Waals surface area contributed by atoms with Crippen LogP contribution in [0.2, 0.25) is 0 Å². The Kier molecular flexibility index (Phi) is 8.81. The number of rotatable bonds is 2. The maximum Gasteiger partial charge on any atom is 0.424 e. The van der Waals surface area contributed by atoms with Crippen LogP contribution >= 0.6 is 0 Å². The lowest BCUT2D eigenvalue weighted by Gasteiger charge is -1.81. The Bertz CT molecular complexity index is 39.7. The summed E-state index contributed by atoms with van der Waals surface area (Å²) >= 11 is 0. The van der Waals surface area contributed by atoms with Crippen LogP contribution in [0.25, 0.3) is 0 Å². The highest BCUT2D eigenvalue weighted by atomic mass is 35.7. The van der Waals surface area contributed by atoms with E-state index in [0.717, 1.165) is 0 Å². The van der Waals surface area contributed by atoms with E-state index in [4.69, 9.17) is 18.6 Å². The molecule has 8 heavy (non-hydrogen) atoms. The largest absolute Gasteiger partial charge is 0.424 e. The third-order valence-electron chi connectivity index (χ3n) is 0.0952. The summed E-state index contributed by atoms with van der Waals surface area (Å²) in [5.41, 5.74) is 0. The van der Waals surface area contributed by atoms with Gasteiger partial charge in [-0.15, -0.1) is 0 Å². The Labute approximate surface area is 61.8 Å². The molecule has 8 heteroatoms. The Morgan fingerprint density at radius 3 is 1.12 bits per heavy atom. The Hall–Kier alpha value is 0.912. The maximum atomic E-state index is 9.15. The van der Waals surface area contributed by atoms with Gasteiger partial charge in [-0.2, -0.15) is 0 Å². The second-order valence-corrected chi connectivity index (χ2v) is 1.66. The first-order chi connectivity index (χ1) is 3.13. The highest BCUT2D eigenvalue weighted by Gasteiger charge is 2.27. The minimum atomic E-state index is -2.68. The van der Waals surface area contributed by atoms with Crippen LogP contribution in [0.15, 0.2) is 0 Å². The molecule has 0 N–H and O–H groups in total. The highest BCUT2D eigenvalue weighted by molar-refractivity contribution is 5.75. The van der Waals surface area contributed by atoms with Gasteiger partial charge in [0.2, 0.25) is 0 Å². The molecule has 0 aliphatic heterocycles. The van der Waals surface area contributed by atoms with Crippen LogP contribution < -0.4 is 18.6 Å². The van der Waals surface area contributed by atoms with Crippen molar-refractivity contribution in [2.45, 2.75) is 0 Å². The molecule has 0 unspecified atom stereocenters. The van der Waals surface area contributed by atoms with E-state index >= 15 is 0 Å². The van der Waals surface area contributed by atoms with Gasteiger partial charge in [0, 0.05) is 0 Å².